The van der Waals surface area contributed by atoms with Crippen LogP contribution in [0.5, 0.6) is 5.75 Å². The van der Waals surface area contributed by atoms with Crippen LogP contribution in [0, 0.1) is 6.92 Å². The maximum absolute atomic E-state index is 5.51. The predicted molar refractivity (Wildman–Crippen MR) is 87.0 cm³/mol. The fourth-order valence-corrected chi connectivity index (χ4v) is 2.33. The fraction of sp³-hybridized carbons (Fsp3) is 0.294. The van der Waals surface area contributed by atoms with Crippen molar-refractivity contribution < 1.29 is 4.74 Å². The molecule has 2 aromatic rings. The van der Waals surface area contributed by atoms with Gasteiger partial charge in [0, 0.05) is 17.6 Å². The average Bonchev–Trinajstić information content (AvgIpc) is 2.44. The van der Waals surface area contributed by atoms with Crippen molar-refractivity contribution in [2.75, 3.05) is 6.61 Å². The highest BCUT2D eigenvalue weighted by Crippen LogP contribution is 2.17. The molecule has 0 unspecified atom stereocenters. The molecule has 1 N–H and O–H groups in total. The molecule has 0 aromatic heterocycles. The first kappa shape index (κ1) is 15.1. The Morgan fingerprint density at radius 2 is 1.80 bits per heavy atom. The highest BCUT2D eigenvalue weighted by atomic mass is 79.9. The molecule has 0 spiro atoms. The fourth-order valence-electron chi connectivity index (χ4n) is 2.08. The van der Waals surface area contributed by atoms with Crippen LogP contribution in [0.25, 0.3) is 0 Å². The van der Waals surface area contributed by atoms with Crippen molar-refractivity contribution in [3.63, 3.8) is 0 Å². The Labute approximate surface area is 129 Å². The predicted octanol–water partition coefficient (Wildman–Crippen LogP) is 4.45. The Kier molecular flexibility index (Phi) is 5.62. The Balaban J connectivity index is 1.89. The molecule has 2 rings (SSSR count). The molecule has 0 aliphatic carbocycles. The number of aryl methyl sites for hydroxylation is 1. The summed E-state index contributed by atoms with van der Waals surface area (Å²) in [7, 11) is 0. The molecule has 0 fully saturated rings. The zero-order valence-electron chi connectivity index (χ0n) is 11.9. The number of halogens is 1. The van der Waals surface area contributed by atoms with Crippen molar-refractivity contribution >= 4 is 15.9 Å². The molecule has 0 aliphatic rings. The normalized spacial score (nSPS) is 10.6. The van der Waals surface area contributed by atoms with Gasteiger partial charge in [-0.2, -0.15) is 0 Å². The molecule has 0 bridgehead atoms. The minimum absolute atomic E-state index is 0.703. The monoisotopic (exact) mass is 333 g/mol. The second-order valence-corrected chi connectivity index (χ2v) is 5.62. The Hall–Kier alpha value is -1.32. The molecular weight excluding hydrogens is 314 g/mol. The standard InChI is InChI=1S/C17H20BrNO/c1-3-20-16-6-4-5-14(10-16)11-19-12-15-7-8-17(18)13(2)9-15/h4-10,19H,3,11-12H2,1-2H3. The van der Waals surface area contributed by atoms with Crippen LogP contribution >= 0.6 is 15.9 Å². The van der Waals surface area contributed by atoms with Crippen molar-refractivity contribution in [2.45, 2.75) is 26.9 Å². The van der Waals surface area contributed by atoms with Gasteiger partial charge in [-0.15, -0.1) is 0 Å². The van der Waals surface area contributed by atoms with Gasteiger partial charge in [0.15, 0.2) is 0 Å². The first-order valence-electron chi connectivity index (χ1n) is 6.86. The van der Waals surface area contributed by atoms with E-state index in [0.717, 1.165) is 23.3 Å². The van der Waals surface area contributed by atoms with Crippen molar-refractivity contribution in [1.29, 1.82) is 0 Å². The van der Waals surface area contributed by atoms with Crippen LogP contribution in [0.1, 0.15) is 23.6 Å². The summed E-state index contributed by atoms with van der Waals surface area (Å²) < 4.78 is 6.67. The Bertz CT molecular complexity index is 569. The molecule has 0 saturated heterocycles. The second-order valence-electron chi connectivity index (χ2n) is 4.77. The maximum atomic E-state index is 5.51. The van der Waals surface area contributed by atoms with E-state index in [1.807, 2.05) is 19.1 Å². The Morgan fingerprint density at radius 3 is 2.50 bits per heavy atom. The van der Waals surface area contributed by atoms with Crippen LogP contribution in [0.3, 0.4) is 0 Å². The van der Waals surface area contributed by atoms with E-state index in [0.29, 0.717) is 6.61 Å². The van der Waals surface area contributed by atoms with Gasteiger partial charge in [-0.3, -0.25) is 0 Å². The number of benzene rings is 2. The highest BCUT2D eigenvalue weighted by Gasteiger charge is 1.99. The first-order chi connectivity index (χ1) is 9.69. The lowest BCUT2D eigenvalue weighted by atomic mass is 10.1. The molecule has 2 aromatic carbocycles. The van der Waals surface area contributed by atoms with Crippen LogP contribution in [0.4, 0.5) is 0 Å². The lowest BCUT2D eigenvalue weighted by Gasteiger charge is -2.08. The topological polar surface area (TPSA) is 21.3 Å². The summed E-state index contributed by atoms with van der Waals surface area (Å²) in [4.78, 5) is 0. The summed E-state index contributed by atoms with van der Waals surface area (Å²) in [6.07, 6.45) is 0. The van der Waals surface area contributed by atoms with Gasteiger partial charge in [0.05, 0.1) is 6.61 Å². The molecule has 3 heteroatoms. The quantitative estimate of drug-likeness (QED) is 0.843. The van der Waals surface area contributed by atoms with Gasteiger partial charge in [0.1, 0.15) is 5.75 Å². The van der Waals surface area contributed by atoms with Crippen molar-refractivity contribution in [1.82, 2.24) is 5.32 Å². The minimum Gasteiger partial charge on any atom is -0.494 e. The summed E-state index contributed by atoms with van der Waals surface area (Å²) >= 11 is 3.52. The lowest BCUT2D eigenvalue weighted by Crippen LogP contribution is -2.12. The molecule has 2 nitrogen and oxygen atoms in total. The first-order valence-corrected chi connectivity index (χ1v) is 7.66. The molecule has 106 valence electrons. The van der Waals surface area contributed by atoms with Crippen LogP contribution in [0.15, 0.2) is 46.9 Å². The number of ether oxygens (including phenoxy) is 1. The minimum atomic E-state index is 0.703. The van der Waals surface area contributed by atoms with E-state index >= 15 is 0 Å². The van der Waals surface area contributed by atoms with E-state index in [4.69, 9.17) is 4.74 Å². The van der Waals surface area contributed by atoms with E-state index in [2.05, 4.69) is 58.5 Å². The summed E-state index contributed by atoms with van der Waals surface area (Å²) in [6.45, 7) is 6.53. The smallest absolute Gasteiger partial charge is 0.119 e. The van der Waals surface area contributed by atoms with Crippen LogP contribution < -0.4 is 10.1 Å². The van der Waals surface area contributed by atoms with Gasteiger partial charge in [-0.1, -0.05) is 40.2 Å². The van der Waals surface area contributed by atoms with Crippen LogP contribution in [0.2, 0.25) is 0 Å². The van der Waals surface area contributed by atoms with Crippen LogP contribution in [-0.2, 0) is 13.1 Å². The van der Waals surface area contributed by atoms with E-state index in [1.165, 1.54) is 16.7 Å². The van der Waals surface area contributed by atoms with Gasteiger partial charge in [-0.25, -0.2) is 0 Å². The molecule has 0 atom stereocenters. The molecular formula is C17H20BrNO. The number of nitrogens with one attached hydrogen (secondary N) is 1. The second kappa shape index (κ2) is 7.46. The molecule has 0 heterocycles. The SMILES string of the molecule is CCOc1cccc(CNCc2ccc(Br)c(C)c2)c1. The third-order valence-electron chi connectivity index (χ3n) is 3.09. The van der Waals surface area contributed by atoms with Gasteiger partial charge in [0.2, 0.25) is 0 Å². The van der Waals surface area contributed by atoms with Gasteiger partial charge in [0.25, 0.3) is 0 Å². The number of hydrogen-bond acceptors (Lipinski definition) is 2. The molecule has 0 aliphatic heterocycles. The summed E-state index contributed by atoms with van der Waals surface area (Å²) in [6, 6.07) is 14.7. The molecule has 20 heavy (non-hydrogen) atoms. The third kappa shape index (κ3) is 4.36. The summed E-state index contributed by atoms with van der Waals surface area (Å²) in [5.41, 5.74) is 3.80. The van der Waals surface area contributed by atoms with Crippen LogP contribution in [-0.4, -0.2) is 6.61 Å². The van der Waals surface area contributed by atoms with Gasteiger partial charge >= 0.3 is 0 Å². The van der Waals surface area contributed by atoms with E-state index in [1.54, 1.807) is 0 Å². The summed E-state index contributed by atoms with van der Waals surface area (Å²) in [5, 5.41) is 3.46. The zero-order valence-corrected chi connectivity index (χ0v) is 13.5. The zero-order chi connectivity index (χ0) is 14.4. The lowest BCUT2D eigenvalue weighted by molar-refractivity contribution is 0.340. The summed E-state index contributed by atoms with van der Waals surface area (Å²) in [5.74, 6) is 0.936. The molecule has 0 amide bonds. The van der Waals surface area contributed by atoms with Crippen molar-refractivity contribution in [2.24, 2.45) is 0 Å². The third-order valence-corrected chi connectivity index (χ3v) is 3.98. The van der Waals surface area contributed by atoms with E-state index in [9.17, 15) is 0 Å². The average molecular weight is 334 g/mol. The maximum Gasteiger partial charge on any atom is 0.119 e. The number of rotatable bonds is 6. The molecule has 0 radical (unpaired) electrons. The van der Waals surface area contributed by atoms with E-state index < -0.39 is 0 Å². The highest BCUT2D eigenvalue weighted by molar-refractivity contribution is 9.10. The molecule has 0 saturated carbocycles. The van der Waals surface area contributed by atoms with E-state index in [-0.39, 0.29) is 0 Å². The Morgan fingerprint density at radius 1 is 1.05 bits per heavy atom. The van der Waals surface area contributed by atoms with Gasteiger partial charge < -0.3 is 10.1 Å². The van der Waals surface area contributed by atoms with Crippen molar-refractivity contribution in [3.05, 3.63) is 63.6 Å². The van der Waals surface area contributed by atoms with Gasteiger partial charge in [-0.05, 0) is 48.7 Å². The largest absolute Gasteiger partial charge is 0.494 e. The van der Waals surface area contributed by atoms with Crippen molar-refractivity contribution in [3.8, 4) is 5.75 Å². The number of hydrogen-bond donors (Lipinski definition) is 1.